The van der Waals surface area contributed by atoms with Crippen LogP contribution >= 0.6 is 0 Å². The van der Waals surface area contributed by atoms with Crippen LogP contribution in [0.3, 0.4) is 0 Å². The SMILES string of the molecule is Cc1cc(C)c(Cc2ccc(CN)o2)cc1C. The highest BCUT2D eigenvalue weighted by molar-refractivity contribution is 5.38. The van der Waals surface area contributed by atoms with Gasteiger partial charge in [-0.2, -0.15) is 0 Å². The van der Waals surface area contributed by atoms with Crippen LogP contribution < -0.4 is 5.73 Å². The molecule has 2 nitrogen and oxygen atoms in total. The highest BCUT2D eigenvalue weighted by Gasteiger charge is 2.06. The zero-order chi connectivity index (χ0) is 12.4. The Hall–Kier alpha value is -1.54. The Labute approximate surface area is 102 Å². The van der Waals surface area contributed by atoms with Crippen LogP contribution in [-0.4, -0.2) is 0 Å². The third-order valence-electron chi connectivity index (χ3n) is 3.24. The molecule has 2 aromatic rings. The summed E-state index contributed by atoms with van der Waals surface area (Å²) < 4.78 is 5.64. The van der Waals surface area contributed by atoms with Gasteiger partial charge in [-0.1, -0.05) is 12.1 Å². The smallest absolute Gasteiger partial charge is 0.117 e. The van der Waals surface area contributed by atoms with E-state index < -0.39 is 0 Å². The maximum absolute atomic E-state index is 5.64. The van der Waals surface area contributed by atoms with Crippen molar-refractivity contribution in [2.75, 3.05) is 0 Å². The molecule has 0 aliphatic carbocycles. The molecular formula is C15H19NO. The van der Waals surface area contributed by atoms with Crippen molar-refractivity contribution in [1.82, 2.24) is 0 Å². The minimum Gasteiger partial charge on any atom is -0.464 e. The van der Waals surface area contributed by atoms with Gasteiger partial charge in [0.1, 0.15) is 11.5 Å². The molecule has 90 valence electrons. The van der Waals surface area contributed by atoms with Crippen molar-refractivity contribution in [2.45, 2.75) is 33.7 Å². The lowest BCUT2D eigenvalue weighted by Crippen LogP contribution is -1.95. The Kier molecular flexibility index (Phi) is 3.34. The van der Waals surface area contributed by atoms with Crippen LogP contribution in [0.15, 0.2) is 28.7 Å². The molecule has 0 bridgehead atoms. The molecule has 0 radical (unpaired) electrons. The summed E-state index contributed by atoms with van der Waals surface area (Å²) in [5.74, 6) is 1.83. The van der Waals surface area contributed by atoms with Crippen LogP contribution in [0.1, 0.15) is 33.8 Å². The van der Waals surface area contributed by atoms with Crippen LogP contribution in [0.2, 0.25) is 0 Å². The van der Waals surface area contributed by atoms with E-state index in [0.29, 0.717) is 6.54 Å². The van der Waals surface area contributed by atoms with Crippen LogP contribution in [0.5, 0.6) is 0 Å². The predicted molar refractivity (Wildman–Crippen MR) is 70.1 cm³/mol. The van der Waals surface area contributed by atoms with E-state index in [1.165, 1.54) is 22.3 Å². The minimum absolute atomic E-state index is 0.464. The fourth-order valence-electron chi connectivity index (χ4n) is 2.03. The van der Waals surface area contributed by atoms with E-state index in [1.807, 2.05) is 12.1 Å². The Balaban J connectivity index is 2.26. The molecule has 1 heterocycles. The zero-order valence-electron chi connectivity index (χ0n) is 10.7. The molecule has 2 N–H and O–H groups in total. The third kappa shape index (κ3) is 2.59. The molecule has 0 aliphatic rings. The second-order valence-corrected chi connectivity index (χ2v) is 4.61. The quantitative estimate of drug-likeness (QED) is 0.877. The monoisotopic (exact) mass is 229 g/mol. The molecule has 1 aromatic carbocycles. The normalized spacial score (nSPS) is 10.8. The summed E-state index contributed by atoms with van der Waals surface area (Å²) in [5, 5.41) is 0. The minimum atomic E-state index is 0.464. The Bertz CT molecular complexity index is 526. The molecule has 0 unspecified atom stereocenters. The van der Waals surface area contributed by atoms with E-state index in [2.05, 4.69) is 32.9 Å². The number of hydrogen-bond acceptors (Lipinski definition) is 2. The number of aryl methyl sites for hydroxylation is 3. The second kappa shape index (κ2) is 4.76. The Morgan fingerprint density at radius 2 is 1.59 bits per heavy atom. The summed E-state index contributed by atoms with van der Waals surface area (Å²) in [6, 6.07) is 8.44. The number of nitrogens with two attached hydrogens (primary N) is 1. The van der Waals surface area contributed by atoms with Gasteiger partial charge in [0.2, 0.25) is 0 Å². The number of benzene rings is 1. The van der Waals surface area contributed by atoms with Crippen molar-refractivity contribution in [1.29, 1.82) is 0 Å². The standard InChI is InChI=1S/C15H19NO/c1-10-6-12(3)13(7-11(10)2)8-14-4-5-15(9-16)17-14/h4-7H,8-9,16H2,1-3H3. The van der Waals surface area contributed by atoms with Gasteiger partial charge in [-0.25, -0.2) is 0 Å². The molecule has 0 atom stereocenters. The summed E-state index contributed by atoms with van der Waals surface area (Å²) >= 11 is 0. The highest BCUT2D eigenvalue weighted by Crippen LogP contribution is 2.19. The maximum atomic E-state index is 5.64. The molecule has 0 saturated heterocycles. The van der Waals surface area contributed by atoms with Crippen molar-refractivity contribution < 1.29 is 4.42 Å². The van der Waals surface area contributed by atoms with Gasteiger partial charge >= 0.3 is 0 Å². The highest BCUT2D eigenvalue weighted by atomic mass is 16.3. The summed E-state index contributed by atoms with van der Waals surface area (Å²) in [5.41, 5.74) is 10.9. The summed E-state index contributed by atoms with van der Waals surface area (Å²) in [6.45, 7) is 6.90. The molecule has 17 heavy (non-hydrogen) atoms. The van der Waals surface area contributed by atoms with Gasteiger partial charge in [0.15, 0.2) is 0 Å². The first-order valence-corrected chi connectivity index (χ1v) is 5.94. The molecule has 0 saturated carbocycles. The van der Waals surface area contributed by atoms with E-state index in [1.54, 1.807) is 0 Å². The van der Waals surface area contributed by atoms with Crippen molar-refractivity contribution in [3.63, 3.8) is 0 Å². The molecule has 0 fully saturated rings. The first-order valence-electron chi connectivity index (χ1n) is 5.94. The average molecular weight is 229 g/mol. The number of furan rings is 1. The van der Waals surface area contributed by atoms with Gasteiger partial charge < -0.3 is 10.2 Å². The molecule has 2 rings (SSSR count). The van der Waals surface area contributed by atoms with Crippen molar-refractivity contribution in [3.8, 4) is 0 Å². The third-order valence-corrected chi connectivity index (χ3v) is 3.24. The van der Waals surface area contributed by atoms with Crippen molar-refractivity contribution >= 4 is 0 Å². The maximum Gasteiger partial charge on any atom is 0.117 e. The van der Waals surface area contributed by atoms with E-state index in [0.717, 1.165) is 17.9 Å². The van der Waals surface area contributed by atoms with Crippen LogP contribution in [-0.2, 0) is 13.0 Å². The lowest BCUT2D eigenvalue weighted by atomic mass is 9.98. The summed E-state index contributed by atoms with van der Waals surface area (Å²) in [7, 11) is 0. The van der Waals surface area contributed by atoms with E-state index in [-0.39, 0.29) is 0 Å². The van der Waals surface area contributed by atoms with Crippen LogP contribution in [0.4, 0.5) is 0 Å². The van der Waals surface area contributed by atoms with Gasteiger partial charge in [-0.3, -0.25) is 0 Å². The first-order chi connectivity index (χ1) is 8.10. The molecular weight excluding hydrogens is 210 g/mol. The number of rotatable bonds is 3. The first kappa shape index (κ1) is 11.9. The van der Waals surface area contributed by atoms with Gasteiger partial charge in [-0.15, -0.1) is 0 Å². The molecule has 0 spiro atoms. The van der Waals surface area contributed by atoms with E-state index in [9.17, 15) is 0 Å². The van der Waals surface area contributed by atoms with Gasteiger partial charge in [-0.05, 0) is 55.2 Å². The lowest BCUT2D eigenvalue weighted by Gasteiger charge is -2.08. The van der Waals surface area contributed by atoms with Crippen molar-refractivity contribution in [3.05, 3.63) is 58.0 Å². The molecule has 0 amide bonds. The van der Waals surface area contributed by atoms with Gasteiger partial charge in [0.25, 0.3) is 0 Å². The molecule has 1 aromatic heterocycles. The fraction of sp³-hybridized carbons (Fsp3) is 0.333. The average Bonchev–Trinajstić information content (AvgIpc) is 2.73. The Morgan fingerprint density at radius 1 is 0.941 bits per heavy atom. The predicted octanol–water partition coefficient (Wildman–Crippen LogP) is 3.25. The second-order valence-electron chi connectivity index (χ2n) is 4.61. The van der Waals surface area contributed by atoms with Gasteiger partial charge in [0.05, 0.1) is 6.54 Å². The molecule has 0 aliphatic heterocycles. The number of hydrogen-bond donors (Lipinski definition) is 1. The van der Waals surface area contributed by atoms with E-state index >= 15 is 0 Å². The Morgan fingerprint density at radius 3 is 2.24 bits per heavy atom. The summed E-state index contributed by atoms with van der Waals surface area (Å²) in [6.07, 6.45) is 0.840. The van der Waals surface area contributed by atoms with Gasteiger partial charge in [0, 0.05) is 6.42 Å². The van der Waals surface area contributed by atoms with Crippen LogP contribution in [0.25, 0.3) is 0 Å². The summed E-state index contributed by atoms with van der Waals surface area (Å²) in [4.78, 5) is 0. The van der Waals surface area contributed by atoms with E-state index in [4.69, 9.17) is 10.2 Å². The largest absolute Gasteiger partial charge is 0.464 e. The van der Waals surface area contributed by atoms with Crippen LogP contribution in [0, 0.1) is 20.8 Å². The molecule has 2 heteroatoms. The topological polar surface area (TPSA) is 39.2 Å². The zero-order valence-corrected chi connectivity index (χ0v) is 10.7. The lowest BCUT2D eigenvalue weighted by molar-refractivity contribution is 0.475. The fourth-order valence-corrected chi connectivity index (χ4v) is 2.03. The van der Waals surface area contributed by atoms with Crippen molar-refractivity contribution in [2.24, 2.45) is 5.73 Å².